The molecule has 1 aromatic heterocycles. The van der Waals surface area contributed by atoms with Crippen LogP contribution in [0, 0.1) is 10.1 Å². The number of nitrogens with zero attached hydrogens (tertiary/aromatic N) is 1. The summed E-state index contributed by atoms with van der Waals surface area (Å²) in [5, 5.41) is 17.8. The first-order valence-corrected chi connectivity index (χ1v) is 7.24. The van der Waals surface area contributed by atoms with Gasteiger partial charge in [0.25, 0.3) is 5.69 Å². The summed E-state index contributed by atoms with van der Waals surface area (Å²) < 4.78 is 0.943. The number of non-ortho nitro benzene ring substituents is 1. The Bertz CT molecular complexity index is 644. The van der Waals surface area contributed by atoms with Gasteiger partial charge in [0, 0.05) is 27.2 Å². The molecular weight excluding hydrogens is 346 g/mol. The Balaban J connectivity index is 1.93. The molecule has 0 aliphatic heterocycles. The lowest BCUT2D eigenvalue weighted by Crippen LogP contribution is -2.27. The van der Waals surface area contributed by atoms with E-state index in [9.17, 15) is 14.9 Å². The number of urea groups is 1. The number of halogens is 1. The highest BCUT2D eigenvalue weighted by Gasteiger charge is 2.08. The summed E-state index contributed by atoms with van der Waals surface area (Å²) in [6.07, 6.45) is 0. The van der Waals surface area contributed by atoms with E-state index in [0.717, 1.165) is 9.35 Å². The molecule has 0 saturated heterocycles. The Morgan fingerprint density at radius 1 is 1.40 bits per heavy atom. The average molecular weight is 356 g/mol. The van der Waals surface area contributed by atoms with E-state index in [-0.39, 0.29) is 5.69 Å². The quantitative estimate of drug-likeness (QED) is 0.647. The molecule has 8 heteroatoms. The zero-order valence-electron chi connectivity index (χ0n) is 10.1. The summed E-state index contributed by atoms with van der Waals surface area (Å²) in [7, 11) is 0. The van der Waals surface area contributed by atoms with Crippen LogP contribution in [0.5, 0.6) is 0 Å². The highest BCUT2D eigenvalue weighted by atomic mass is 79.9. The number of nitro benzene ring substituents is 1. The van der Waals surface area contributed by atoms with E-state index in [1.165, 1.54) is 29.5 Å². The molecule has 6 nitrogen and oxygen atoms in total. The van der Waals surface area contributed by atoms with Gasteiger partial charge in [-0.15, -0.1) is 11.3 Å². The third-order valence-corrected chi connectivity index (χ3v) is 4.34. The molecule has 0 aliphatic carbocycles. The number of nitro groups is 1. The third kappa shape index (κ3) is 3.78. The Morgan fingerprint density at radius 2 is 2.20 bits per heavy atom. The van der Waals surface area contributed by atoms with Crippen LogP contribution in [0.3, 0.4) is 0 Å². The molecule has 2 aromatic rings. The lowest BCUT2D eigenvalue weighted by molar-refractivity contribution is -0.384. The highest BCUT2D eigenvalue weighted by Crippen LogP contribution is 2.22. The van der Waals surface area contributed by atoms with E-state index in [4.69, 9.17) is 0 Å². The molecule has 0 bridgehead atoms. The van der Waals surface area contributed by atoms with Crippen molar-refractivity contribution in [2.24, 2.45) is 0 Å². The molecule has 1 aromatic carbocycles. The molecule has 104 valence electrons. The smallest absolute Gasteiger partial charge is 0.319 e. The number of anilines is 1. The zero-order valence-corrected chi connectivity index (χ0v) is 12.5. The predicted octanol–water partition coefficient (Wildman–Crippen LogP) is 3.74. The van der Waals surface area contributed by atoms with Crippen molar-refractivity contribution >= 4 is 44.7 Å². The molecule has 20 heavy (non-hydrogen) atoms. The molecule has 2 rings (SSSR count). The third-order valence-electron chi connectivity index (χ3n) is 2.42. The summed E-state index contributed by atoms with van der Waals surface area (Å²) >= 11 is 4.90. The van der Waals surface area contributed by atoms with Crippen LogP contribution in [-0.4, -0.2) is 11.0 Å². The van der Waals surface area contributed by atoms with E-state index in [1.807, 2.05) is 11.4 Å². The van der Waals surface area contributed by atoms with Gasteiger partial charge in [0.1, 0.15) is 0 Å². The van der Waals surface area contributed by atoms with Gasteiger partial charge in [-0.2, -0.15) is 0 Å². The van der Waals surface area contributed by atoms with E-state index in [2.05, 4.69) is 26.6 Å². The number of thiophene rings is 1. The summed E-state index contributed by atoms with van der Waals surface area (Å²) in [4.78, 5) is 22.8. The first-order valence-electron chi connectivity index (χ1n) is 5.57. The van der Waals surface area contributed by atoms with Crippen molar-refractivity contribution in [1.29, 1.82) is 0 Å². The second-order valence-corrected chi connectivity index (χ2v) is 5.66. The summed E-state index contributed by atoms with van der Waals surface area (Å²) in [6.45, 7) is 0.388. The van der Waals surface area contributed by atoms with Crippen LogP contribution in [0.4, 0.5) is 16.2 Å². The van der Waals surface area contributed by atoms with Gasteiger partial charge in [0.2, 0.25) is 0 Å². The van der Waals surface area contributed by atoms with Crippen LogP contribution in [0.15, 0.2) is 40.2 Å². The summed E-state index contributed by atoms with van der Waals surface area (Å²) in [6, 6.07) is 7.27. The Kier molecular flexibility index (Phi) is 4.70. The van der Waals surface area contributed by atoms with E-state index in [1.54, 1.807) is 6.07 Å². The maximum absolute atomic E-state index is 11.7. The minimum Gasteiger partial charge on any atom is -0.333 e. The number of benzene rings is 1. The second kappa shape index (κ2) is 6.49. The van der Waals surface area contributed by atoms with Gasteiger partial charge in [-0.25, -0.2) is 4.79 Å². The molecule has 0 aliphatic rings. The van der Waals surface area contributed by atoms with E-state index >= 15 is 0 Å². The lowest BCUT2D eigenvalue weighted by atomic mass is 10.3. The average Bonchev–Trinajstić information content (AvgIpc) is 2.82. The van der Waals surface area contributed by atoms with Crippen molar-refractivity contribution in [3.63, 3.8) is 0 Å². The van der Waals surface area contributed by atoms with E-state index in [0.29, 0.717) is 12.2 Å². The molecule has 0 fully saturated rings. The Hall–Kier alpha value is -1.93. The van der Waals surface area contributed by atoms with Gasteiger partial charge >= 0.3 is 6.03 Å². The van der Waals surface area contributed by atoms with Gasteiger partial charge in [-0.1, -0.05) is 6.07 Å². The van der Waals surface area contributed by atoms with Crippen molar-refractivity contribution in [2.75, 3.05) is 5.32 Å². The number of hydrogen-bond acceptors (Lipinski definition) is 4. The summed E-state index contributed by atoms with van der Waals surface area (Å²) in [5.74, 6) is 0. The van der Waals surface area contributed by atoms with E-state index < -0.39 is 11.0 Å². The van der Waals surface area contributed by atoms with Crippen LogP contribution < -0.4 is 10.6 Å². The Morgan fingerprint density at radius 3 is 2.85 bits per heavy atom. The molecule has 2 N–H and O–H groups in total. The SMILES string of the molecule is O=C(NCc1sccc1Br)Nc1cccc([N+](=O)[O-])c1. The molecular formula is C12H10BrN3O3S. The number of amides is 2. The van der Waals surface area contributed by atoms with Gasteiger partial charge in [-0.05, 0) is 33.4 Å². The minimum absolute atomic E-state index is 0.0659. The minimum atomic E-state index is -0.508. The largest absolute Gasteiger partial charge is 0.333 e. The number of carbonyl (C=O) groups excluding carboxylic acids is 1. The first kappa shape index (κ1) is 14.5. The monoisotopic (exact) mass is 355 g/mol. The number of carbonyl (C=O) groups is 1. The molecule has 1 heterocycles. The van der Waals surface area contributed by atoms with Gasteiger partial charge in [-0.3, -0.25) is 10.1 Å². The van der Waals surface area contributed by atoms with Crippen molar-refractivity contribution < 1.29 is 9.72 Å². The van der Waals surface area contributed by atoms with Crippen LogP contribution in [-0.2, 0) is 6.54 Å². The van der Waals surface area contributed by atoms with Gasteiger partial charge in [0.05, 0.1) is 11.5 Å². The van der Waals surface area contributed by atoms with Crippen molar-refractivity contribution in [3.8, 4) is 0 Å². The van der Waals surface area contributed by atoms with Gasteiger partial charge in [0.15, 0.2) is 0 Å². The van der Waals surface area contributed by atoms with Crippen molar-refractivity contribution in [1.82, 2.24) is 5.32 Å². The summed E-state index contributed by atoms with van der Waals surface area (Å²) in [5.41, 5.74) is 0.311. The standard InChI is InChI=1S/C12H10BrN3O3S/c13-10-4-5-20-11(10)7-14-12(17)15-8-2-1-3-9(6-8)16(18)19/h1-6H,7H2,(H2,14,15,17). The lowest BCUT2D eigenvalue weighted by Gasteiger charge is -2.06. The van der Waals surface area contributed by atoms with Gasteiger partial charge < -0.3 is 10.6 Å². The van der Waals surface area contributed by atoms with Crippen LogP contribution in [0.1, 0.15) is 4.88 Å². The zero-order chi connectivity index (χ0) is 14.5. The second-order valence-electron chi connectivity index (χ2n) is 3.81. The number of nitrogens with one attached hydrogen (secondary N) is 2. The molecule has 0 radical (unpaired) electrons. The maximum Gasteiger partial charge on any atom is 0.319 e. The maximum atomic E-state index is 11.7. The molecule has 0 spiro atoms. The van der Waals surface area contributed by atoms with Crippen molar-refractivity contribution in [2.45, 2.75) is 6.54 Å². The predicted molar refractivity (Wildman–Crippen MR) is 81.0 cm³/mol. The van der Waals surface area contributed by atoms with Crippen molar-refractivity contribution in [3.05, 3.63) is 55.2 Å². The molecule has 0 saturated carbocycles. The Labute approximate surface area is 127 Å². The number of hydrogen-bond donors (Lipinski definition) is 2. The normalized spacial score (nSPS) is 10.1. The van der Waals surface area contributed by atoms with Crippen LogP contribution in [0.2, 0.25) is 0 Å². The fourth-order valence-corrected chi connectivity index (χ4v) is 2.92. The highest BCUT2D eigenvalue weighted by molar-refractivity contribution is 9.10. The first-order chi connectivity index (χ1) is 9.56. The fourth-order valence-electron chi connectivity index (χ4n) is 1.48. The van der Waals surface area contributed by atoms with Crippen LogP contribution in [0.25, 0.3) is 0 Å². The molecule has 0 unspecified atom stereocenters. The molecule has 2 amide bonds. The van der Waals surface area contributed by atoms with Crippen LogP contribution >= 0.6 is 27.3 Å². The topological polar surface area (TPSA) is 84.3 Å². The number of rotatable bonds is 4. The molecule has 0 atom stereocenters. The fraction of sp³-hybridized carbons (Fsp3) is 0.0833.